The number of hydrogen-bond acceptors (Lipinski definition) is 3. The third-order valence-corrected chi connectivity index (χ3v) is 4.43. The van der Waals surface area contributed by atoms with Crippen LogP contribution in [0.15, 0.2) is 42.6 Å². The normalized spacial score (nSPS) is 11.5. The minimum absolute atomic E-state index is 0.191. The molecule has 0 spiro atoms. The Morgan fingerprint density at radius 2 is 1.82 bits per heavy atom. The van der Waals surface area contributed by atoms with Gasteiger partial charge >= 0.3 is 0 Å². The first-order valence-electron chi connectivity index (χ1n) is 9.40. The number of imidazole rings is 1. The van der Waals surface area contributed by atoms with Gasteiger partial charge in [-0.1, -0.05) is 31.2 Å². The Morgan fingerprint density at radius 1 is 1.07 bits per heavy atom. The maximum atomic E-state index is 13.1. The molecule has 3 aromatic rings. The zero-order valence-corrected chi connectivity index (χ0v) is 17.0. The highest BCUT2D eigenvalue weighted by molar-refractivity contribution is 6.09. The Hall–Kier alpha value is -3.15. The lowest BCUT2D eigenvalue weighted by Crippen LogP contribution is -2.41. The summed E-state index contributed by atoms with van der Waals surface area (Å²) in [5.74, 6) is -0.462. The van der Waals surface area contributed by atoms with E-state index in [-0.39, 0.29) is 23.3 Å². The van der Waals surface area contributed by atoms with Gasteiger partial charge in [0.25, 0.3) is 11.8 Å². The van der Waals surface area contributed by atoms with Crippen LogP contribution in [0, 0.1) is 6.92 Å². The van der Waals surface area contributed by atoms with Crippen LogP contribution in [0.1, 0.15) is 59.9 Å². The second-order valence-electron chi connectivity index (χ2n) is 7.86. The third kappa shape index (κ3) is 3.91. The predicted molar refractivity (Wildman–Crippen MR) is 111 cm³/mol. The molecule has 28 heavy (non-hydrogen) atoms. The molecule has 1 aromatic carbocycles. The number of aromatic nitrogens is 2. The summed E-state index contributed by atoms with van der Waals surface area (Å²) in [4.78, 5) is 30.1. The lowest BCUT2D eigenvalue weighted by atomic mass is 10.1. The van der Waals surface area contributed by atoms with Crippen LogP contribution < -0.4 is 10.6 Å². The summed E-state index contributed by atoms with van der Waals surface area (Å²) in [5, 5.41) is 5.90. The lowest BCUT2D eigenvalue weighted by molar-refractivity contribution is 0.0908. The van der Waals surface area contributed by atoms with E-state index in [0.29, 0.717) is 5.52 Å². The number of amides is 2. The quantitative estimate of drug-likeness (QED) is 0.721. The SMILES string of the molecule is CCc1cccc(C)c1NC(=O)c1nc(C(=O)NC(C)(C)C)n2ccccc12. The van der Waals surface area contributed by atoms with Crippen molar-refractivity contribution in [1.82, 2.24) is 14.7 Å². The molecule has 6 nitrogen and oxygen atoms in total. The number of carbonyl (C=O) groups excluding carboxylic acids is 2. The number of benzene rings is 1. The van der Waals surface area contributed by atoms with Gasteiger partial charge < -0.3 is 10.6 Å². The summed E-state index contributed by atoms with van der Waals surface area (Å²) < 4.78 is 1.65. The largest absolute Gasteiger partial charge is 0.345 e. The Morgan fingerprint density at radius 3 is 2.50 bits per heavy atom. The number of fused-ring (bicyclic) bond motifs is 1. The molecule has 0 fully saturated rings. The number of para-hydroxylation sites is 1. The molecule has 0 atom stereocenters. The molecular formula is C22H26N4O2. The van der Waals surface area contributed by atoms with Gasteiger partial charge in [0.05, 0.1) is 5.52 Å². The van der Waals surface area contributed by atoms with E-state index in [2.05, 4.69) is 15.6 Å². The van der Waals surface area contributed by atoms with Crippen LogP contribution in [-0.4, -0.2) is 26.7 Å². The van der Waals surface area contributed by atoms with E-state index in [1.807, 2.05) is 58.9 Å². The fraction of sp³-hybridized carbons (Fsp3) is 0.318. The number of carbonyl (C=O) groups is 2. The average Bonchev–Trinajstić information content (AvgIpc) is 3.02. The molecule has 0 aliphatic rings. The number of nitrogens with zero attached hydrogens (tertiary/aromatic N) is 2. The van der Waals surface area contributed by atoms with E-state index < -0.39 is 5.54 Å². The van der Waals surface area contributed by atoms with Gasteiger partial charge in [-0.2, -0.15) is 0 Å². The number of anilines is 1. The lowest BCUT2D eigenvalue weighted by Gasteiger charge is -2.19. The standard InChI is InChI=1S/C22H26N4O2/c1-6-15-11-9-10-14(2)17(15)24-20(27)18-16-12-7-8-13-26(16)19(23-18)21(28)25-22(3,4)5/h7-13H,6H2,1-5H3,(H,24,27)(H,25,28). The minimum Gasteiger partial charge on any atom is -0.345 e. The highest BCUT2D eigenvalue weighted by atomic mass is 16.2. The molecule has 0 saturated carbocycles. The first-order chi connectivity index (χ1) is 13.2. The Kier molecular flexibility index (Phi) is 5.23. The fourth-order valence-corrected chi connectivity index (χ4v) is 3.14. The Labute approximate surface area is 165 Å². The highest BCUT2D eigenvalue weighted by Gasteiger charge is 2.24. The summed E-state index contributed by atoms with van der Waals surface area (Å²) in [5.41, 5.74) is 3.25. The van der Waals surface area contributed by atoms with Gasteiger partial charge in [-0.15, -0.1) is 0 Å². The minimum atomic E-state index is -0.405. The summed E-state index contributed by atoms with van der Waals surface area (Å²) in [7, 11) is 0. The number of aryl methyl sites for hydroxylation is 2. The molecule has 2 heterocycles. The summed E-state index contributed by atoms with van der Waals surface area (Å²) in [6.45, 7) is 9.71. The molecular weight excluding hydrogens is 352 g/mol. The van der Waals surface area contributed by atoms with Crippen molar-refractivity contribution in [2.75, 3.05) is 5.32 Å². The molecule has 146 valence electrons. The first kappa shape index (κ1) is 19.6. The van der Waals surface area contributed by atoms with Crippen LogP contribution in [0.2, 0.25) is 0 Å². The molecule has 2 amide bonds. The van der Waals surface area contributed by atoms with E-state index >= 15 is 0 Å². The number of hydrogen-bond donors (Lipinski definition) is 2. The number of pyridine rings is 1. The van der Waals surface area contributed by atoms with E-state index in [0.717, 1.165) is 23.2 Å². The van der Waals surface area contributed by atoms with Gasteiger partial charge in [0.15, 0.2) is 5.69 Å². The zero-order chi connectivity index (χ0) is 20.5. The van der Waals surface area contributed by atoms with Crippen LogP contribution in [0.25, 0.3) is 5.52 Å². The number of rotatable bonds is 4. The van der Waals surface area contributed by atoms with Crippen LogP contribution in [0.5, 0.6) is 0 Å². The van der Waals surface area contributed by atoms with Crippen molar-refractivity contribution in [3.63, 3.8) is 0 Å². The smallest absolute Gasteiger partial charge is 0.288 e. The highest BCUT2D eigenvalue weighted by Crippen LogP contribution is 2.23. The molecule has 0 radical (unpaired) electrons. The van der Waals surface area contributed by atoms with Crippen molar-refractivity contribution in [3.8, 4) is 0 Å². The molecule has 0 bridgehead atoms. The van der Waals surface area contributed by atoms with E-state index in [1.54, 1.807) is 22.7 Å². The maximum absolute atomic E-state index is 13.1. The van der Waals surface area contributed by atoms with Gasteiger partial charge in [-0.05, 0) is 57.4 Å². The maximum Gasteiger partial charge on any atom is 0.288 e. The van der Waals surface area contributed by atoms with Gasteiger partial charge in [0, 0.05) is 17.4 Å². The monoisotopic (exact) mass is 378 g/mol. The molecule has 0 aliphatic carbocycles. The van der Waals surface area contributed by atoms with E-state index in [4.69, 9.17) is 0 Å². The third-order valence-electron chi connectivity index (χ3n) is 4.43. The number of nitrogens with one attached hydrogen (secondary N) is 2. The van der Waals surface area contributed by atoms with Gasteiger partial charge in [0.2, 0.25) is 5.82 Å². The second kappa shape index (κ2) is 7.46. The van der Waals surface area contributed by atoms with Crippen molar-refractivity contribution >= 4 is 23.0 Å². The summed E-state index contributed by atoms with van der Waals surface area (Å²) in [6.07, 6.45) is 2.54. The molecule has 2 aromatic heterocycles. The Balaban J connectivity index is 2.02. The topological polar surface area (TPSA) is 75.5 Å². The molecule has 0 saturated heterocycles. The van der Waals surface area contributed by atoms with Crippen LogP contribution in [0.3, 0.4) is 0 Å². The van der Waals surface area contributed by atoms with Gasteiger partial charge in [-0.3, -0.25) is 14.0 Å². The van der Waals surface area contributed by atoms with Crippen molar-refractivity contribution in [2.45, 2.75) is 46.6 Å². The van der Waals surface area contributed by atoms with Crippen molar-refractivity contribution < 1.29 is 9.59 Å². The van der Waals surface area contributed by atoms with E-state index in [1.165, 1.54) is 0 Å². The average molecular weight is 378 g/mol. The molecule has 0 aliphatic heterocycles. The summed E-state index contributed by atoms with van der Waals surface area (Å²) >= 11 is 0. The second-order valence-corrected chi connectivity index (χ2v) is 7.86. The predicted octanol–water partition coefficient (Wildman–Crippen LogP) is 3.99. The van der Waals surface area contributed by atoms with E-state index in [9.17, 15) is 9.59 Å². The van der Waals surface area contributed by atoms with Gasteiger partial charge in [-0.25, -0.2) is 4.98 Å². The zero-order valence-electron chi connectivity index (χ0n) is 17.0. The molecule has 0 unspecified atom stereocenters. The van der Waals surface area contributed by atoms with Crippen molar-refractivity contribution in [2.24, 2.45) is 0 Å². The first-order valence-corrected chi connectivity index (χ1v) is 9.40. The van der Waals surface area contributed by atoms with Crippen LogP contribution >= 0.6 is 0 Å². The molecule has 3 rings (SSSR count). The molecule has 6 heteroatoms. The molecule has 2 N–H and O–H groups in total. The Bertz CT molecular complexity index is 1040. The summed E-state index contributed by atoms with van der Waals surface area (Å²) in [6, 6.07) is 11.3. The van der Waals surface area contributed by atoms with Crippen molar-refractivity contribution in [3.05, 3.63) is 65.2 Å². The fourth-order valence-electron chi connectivity index (χ4n) is 3.14. The van der Waals surface area contributed by atoms with Crippen LogP contribution in [0.4, 0.5) is 5.69 Å². The van der Waals surface area contributed by atoms with Crippen LogP contribution in [-0.2, 0) is 6.42 Å². The van der Waals surface area contributed by atoms with Crippen molar-refractivity contribution in [1.29, 1.82) is 0 Å². The van der Waals surface area contributed by atoms with Gasteiger partial charge in [0.1, 0.15) is 0 Å².